The highest BCUT2D eigenvalue weighted by Gasteiger charge is 2.25. The first-order valence-corrected chi connectivity index (χ1v) is 8.69. The van der Waals surface area contributed by atoms with Crippen molar-refractivity contribution in [3.63, 3.8) is 0 Å². The van der Waals surface area contributed by atoms with Crippen molar-refractivity contribution in [2.45, 2.75) is 25.7 Å². The Kier molecular flexibility index (Phi) is 4.02. The molecule has 0 aromatic heterocycles. The predicted molar refractivity (Wildman–Crippen MR) is 89.8 cm³/mol. The largest absolute Gasteiger partial charge is 0.377 e. The van der Waals surface area contributed by atoms with Crippen LogP contribution in [0.25, 0.3) is 10.8 Å². The number of hydrogen-bond acceptors (Lipinski definition) is 3. The Bertz CT molecular complexity index is 756. The molecule has 114 valence electrons. The molecule has 0 saturated carbocycles. The van der Waals surface area contributed by atoms with E-state index in [9.17, 15) is 8.42 Å². The summed E-state index contributed by atoms with van der Waals surface area (Å²) in [7, 11) is 0.621. The fourth-order valence-electron chi connectivity index (χ4n) is 2.57. The van der Waals surface area contributed by atoms with E-state index < -0.39 is 9.84 Å². The lowest BCUT2D eigenvalue weighted by molar-refractivity contribution is 0.462. The molecular weight excluding hydrogens is 282 g/mol. The Labute approximate surface area is 127 Å². The van der Waals surface area contributed by atoms with Crippen LogP contribution in [-0.2, 0) is 9.84 Å². The third-order valence-electron chi connectivity index (χ3n) is 3.30. The zero-order valence-electron chi connectivity index (χ0n) is 13.3. The summed E-state index contributed by atoms with van der Waals surface area (Å²) in [6, 6.07) is 11.3. The Balaban J connectivity index is 2.69. The van der Waals surface area contributed by atoms with Gasteiger partial charge in [0, 0.05) is 30.6 Å². The molecule has 0 aliphatic heterocycles. The van der Waals surface area contributed by atoms with Crippen molar-refractivity contribution >= 4 is 26.3 Å². The predicted octanol–water partition coefficient (Wildman–Crippen LogP) is 3.73. The molecule has 0 aliphatic rings. The SMILES string of the molecule is CN(C)c1cccc2c(S(=O)(=O)CC(C)(C)C)cccc12. The van der Waals surface area contributed by atoms with Crippen LogP contribution in [0.15, 0.2) is 41.3 Å². The van der Waals surface area contributed by atoms with Crippen molar-refractivity contribution in [2.75, 3.05) is 24.7 Å². The summed E-state index contributed by atoms with van der Waals surface area (Å²) in [4.78, 5) is 2.43. The second-order valence-corrected chi connectivity index (χ2v) is 8.80. The molecule has 3 nitrogen and oxygen atoms in total. The fraction of sp³-hybridized carbons (Fsp3) is 0.412. The van der Waals surface area contributed by atoms with Crippen molar-refractivity contribution in [3.05, 3.63) is 36.4 Å². The number of hydrogen-bond donors (Lipinski definition) is 0. The molecule has 0 amide bonds. The fourth-order valence-corrected chi connectivity index (χ4v) is 4.67. The molecule has 0 spiro atoms. The summed E-state index contributed by atoms with van der Waals surface area (Å²) in [5.41, 5.74) is 0.764. The van der Waals surface area contributed by atoms with Gasteiger partial charge in [-0.2, -0.15) is 0 Å². The smallest absolute Gasteiger partial charge is 0.179 e. The maximum atomic E-state index is 12.7. The minimum Gasteiger partial charge on any atom is -0.377 e. The van der Waals surface area contributed by atoms with E-state index in [2.05, 4.69) is 0 Å². The van der Waals surface area contributed by atoms with Crippen molar-refractivity contribution in [1.82, 2.24) is 0 Å². The van der Waals surface area contributed by atoms with E-state index in [1.165, 1.54) is 0 Å². The van der Waals surface area contributed by atoms with Crippen molar-refractivity contribution in [1.29, 1.82) is 0 Å². The number of benzene rings is 2. The van der Waals surface area contributed by atoms with Gasteiger partial charge in [0.2, 0.25) is 0 Å². The van der Waals surface area contributed by atoms with Crippen LogP contribution in [0.4, 0.5) is 5.69 Å². The van der Waals surface area contributed by atoms with Gasteiger partial charge < -0.3 is 4.90 Å². The molecule has 0 saturated heterocycles. The molecule has 0 radical (unpaired) electrons. The third-order valence-corrected chi connectivity index (χ3v) is 5.57. The first kappa shape index (κ1) is 15.8. The number of anilines is 1. The second-order valence-electron chi connectivity index (χ2n) is 6.84. The molecule has 4 heteroatoms. The monoisotopic (exact) mass is 305 g/mol. The Hall–Kier alpha value is -1.55. The highest BCUT2D eigenvalue weighted by molar-refractivity contribution is 7.91. The van der Waals surface area contributed by atoms with Gasteiger partial charge in [0.25, 0.3) is 0 Å². The first-order valence-electron chi connectivity index (χ1n) is 7.04. The summed E-state index contributed by atoms with van der Waals surface area (Å²) in [6.45, 7) is 5.84. The summed E-state index contributed by atoms with van der Waals surface area (Å²) in [5.74, 6) is 0.144. The lowest BCUT2D eigenvalue weighted by Gasteiger charge is -2.20. The summed E-state index contributed by atoms with van der Waals surface area (Å²) < 4.78 is 25.5. The van der Waals surface area contributed by atoms with Gasteiger partial charge in [0.1, 0.15) is 0 Å². The van der Waals surface area contributed by atoms with Gasteiger partial charge in [-0.25, -0.2) is 8.42 Å². The van der Waals surface area contributed by atoms with Crippen molar-refractivity contribution in [2.24, 2.45) is 5.41 Å². The topological polar surface area (TPSA) is 37.4 Å². The van der Waals surface area contributed by atoms with E-state index in [1.54, 1.807) is 6.07 Å². The molecule has 0 unspecified atom stereocenters. The standard InChI is InChI=1S/C17H23NO2S/c1-17(2,3)12-21(19,20)16-11-7-8-13-14(16)9-6-10-15(13)18(4)5/h6-11H,12H2,1-5H3. The summed E-state index contributed by atoms with van der Waals surface area (Å²) >= 11 is 0. The lowest BCUT2D eigenvalue weighted by Crippen LogP contribution is -2.21. The van der Waals surface area contributed by atoms with Gasteiger partial charge in [-0.05, 0) is 17.5 Å². The van der Waals surface area contributed by atoms with Gasteiger partial charge in [-0.15, -0.1) is 0 Å². The zero-order chi connectivity index (χ0) is 15.8. The molecule has 0 aliphatic carbocycles. The number of rotatable bonds is 3. The highest BCUT2D eigenvalue weighted by Crippen LogP contribution is 2.32. The van der Waals surface area contributed by atoms with E-state index in [-0.39, 0.29) is 11.2 Å². The highest BCUT2D eigenvalue weighted by atomic mass is 32.2. The van der Waals surface area contributed by atoms with E-state index in [0.717, 1.165) is 16.5 Å². The minimum atomic E-state index is -3.31. The molecule has 2 rings (SSSR count). The maximum Gasteiger partial charge on any atom is 0.179 e. The molecule has 21 heavy (non-hydrogen) atoms. The number of sulfone groups is 1. The molecule has 2 aromatic carbocycles. The van der Waals surface area contributed by atoms with Crippen LogP contribution in [0.2, 0.25) is 0 Å². The molecule has 0 atom stereocenters. The van der Waals surface area contributed by atoms with Gasteiger partial charge in [0.05, 0.1) is 10.6 Å². The minimum absolute atomic E-state index is 0.144. The lowest BCUT2D eigenvalue weighted by atomic mass is 10.0. The number of fused-ring (bicyclic) bond motifs is 1. The average molecular weight is 305 g/mol. The van der Waals surface area contributed by atoms with E-state index in [4.69, 9.17) is 0 Å². The van der Waals surface area contributed by atoms with Crippen LogP contribution < -0.4 is 4.90 Å². The Morgan fingerprint density at radius 1 is 0.952 bits per heavy atom. The van der Waals surface area contributed by atoms with Crippen LogP contribution in [0.3, 0.4) is 0 Å². The van der Waals surface area contributed by atoms with Crippen molar-refractivity contribution < 1.29 is 8.42 Å². The quantitative estimate of drug-likeness (QED) is 0.867. The first-order chi connectivity index (χ1) is 9.62. The summed E-state index contributed by atoms with van der Waals surface area (Å²) in [5, 5.41) is 1.77. The Morgan fingerprint density at radius 3 is 2.10 bits per heavy atom. The summed E-state index contributed by atoms with van der Waals surface area (Å²) in [6.07, 6.45) is 0. The van der Waals surface area contributed by atoms with Crippen LogP contribution in [-0.4, -0.2) is 28.3 Å². The van der Waals surface area contributed by atoms with Crippen LogP contribution in [0, 0.1) is 5.41 Å². The van der Waals surface area contributed by atoms with Gasteiger partial charge in [-0.1, -0.05) is 45.0 Å². The Morgan fingerprint density at radius 2 is 1.52 bits per heavy atom. The second kappa shape index (κ2) is 5.34. The van der Waals surface area contributed by atoms with Crippen LogP contribution in [0.5, 0.6) is 0 Å². The normalized spacial score (nSPS) is 12.6. The molecule has 0 heterocycles. The van der Waals surface area contributed by atoms with Gasteiger partial charge >= 0.3 is 0 Å². The molecular formula is C17H23NO2S. The third kappa shape index (κ3) is 3.38. The zero-order valence-corrected chi connectivity index (χ0v) is 14.2. The molecule has 2 aromatic rings. The molecule has 0 N–H and O–H groups in total. The van der Waals surface area contributed by atoms with E-state index >= 15 is 0 Å². The molecule has 0 bridgehead atoms. The van der Waals surface area contributed by atoms with E-state index in [1.807, 2.05) is 70.1 Å². The van der Waals surface area contributed by atoms with Crippen LogP contribution >= 0.6 is 0 Å². The van der Waals surface area contributed by atoms with Gasteiger partial charge in [-0.3, -0.25) is 0 Å². The van der Waals surface area contributed by atoms with E-state index in [0.29, 0.717) is 4.90 Å². The maximum absolute atomic E-state index is 12.7. The van der Waals surface area contributed by atoms with Gasteiger partial charge in [0.15, 0.2) is 9.84 Å². The van der Waals surface area contributed by atoms with Crippen LogP contribution in [0.1, 0.15) is 20.8 Å². The molecule has 0 fully saturated rings. The average Bonchev–Trinajstić information content (AvgIpc) is 2.34. The van der Waals surface area contributed by atoms with Crippen molar-refractivity contribution in [3.8, 4) is 0 Å². The number of nitrogens with zero attached hydrogens (tertiary/aromatic N) is 1.